The second-order valence-corrected chi connectivity index (χ2v) is 4.83. The third kappa shape index (κ3) is 4.05. The van der Waals surface area contributed by atoms with Gasteiger partial charge in [-0.1, -0.05) is 30.3 Å². The molecule has 1 aromatic heterocycles. The monoisotopic (exact) mass is 435 g/mol. The fourth-order valence-electron chi connectivity index (χ4n) is 2.25. The Kier molecular flexibility index (Phi) is 6.19. The van der Waals surface area contributed by atoms with Gasteiger partial charge in [-0.3, -0.25) is 0 Å². The van der Waals surface area contributed by atoms with Crippen LogP contribution in [-0.2, 0) is 0 Å². The number of methoxy groups -OCH3 is 1. The van der Waals surface area contributed by atoms with Crippen molar-refractivity contribution in [3.8, 4) is 5.75 Å². The first-order chi connectivity index (χ1) is 11.3. The third-order valence-electron chi connectivity index (χ3n) is 3.33. The third-order valence-corrected chi connectivity index (χ3v) is 3.33. The quantitative estimate of drug-likeness (QED) is 0.254. The fraction of sp³-hybridized carbons (Fsp3) is 0.0588. The minimum absolute atomic E-state index is 0. The highest BCUT2D eigenvalue weighted by molar-refractivity contribution is 14.0. The van der Waals surface area contributed by atoms with E-state index in [9.17, 15) is 0 Å². The molecule has 0 aliphatic heterocycles. The van der Waals surface area contributed by atoms with E-state index in [-0.39, 0.29) is 29.9 Å². The normalized spacial score (nSPS) is 11.5. The van der Waals surface area contributed by atoms with E-state index in [2.05, 4.69) is 20.5 Å². The minimum Gasteiger partial charge on any atom is -0.494 e. The largest absolute Gasteiger partial charge is 0.494 e. The van der Waals surface area contributed by atoms with E-state index in [1.54, 1.807) is 13.3 Å². The number of ether oxygens (including phenoxy) is 1. The highest BCUT2D eigenvalue weighted by atomic mass is 127. The van der Waals surface area contributed by atoms with E-state index < -0.39 is 0 Å². The smallest absolute Gasteiger partial charge is 0.214 e. The summed E-state index contributed by atoms with van der Waals surface area (Å²) in [4.78, 5) is 7.43. The summed E-state index contributed by atoms with van der Waals surface area (Å²) < 4.78 is 5.22. The summed E-state index contributed by atoms with van der Waals surface area (Å²) in [7, 11) is 1.59. The Balaban J connectivity index is 0.00000208. The number of aliphatic imine (C=N–C) groups is 1. The first-order valence-electron chi connectivity index (χ1n) is 7.10. The lowest BCUT2D eigenvalue weighted by atomic mass is 10.2. The van der Waals surface area contributed by atoms with Crippen LogP contribution in [0.5, 0.6) is 5.75 Å². The van der Waals surface area contributed by atoms with Gasteiger partial charge in [0.05, 0.1) is 13.3 Å². The van der Waals surface area contributed by atoms with Gasteiger partial charge in [0.1, 0.15) is 11.4 Å². The van der Waals surface area contributed by atoms with Crippen LogP contribution in [0.4, 0.5) is 5.69 Å². The van der Waals surface area contributed by atoms with Gasteiger partial charge in [-0.15, -0.1) is 24.0 Å². The maximum atomic E-state index is 5.84. The van der Waals surface area contributed by atoms with Crippen LogP contribution in [0.2, 0.25) is 0 Å². The Bertz CT molecular complexity index is 872. The average molecular weight is 435 g/mol. The number of halogens is 1. The van der Waals surface area contributed by atoms with Gasteiger partial charge in [-0.25, -0.2) is 10.4 Å². The van der Waals surface area contributed by atoms with E-state index in [1.807, 2.05) is 54.7 Å². The maximum Gasteiger partial charge on any atom is 0.214 e. The van der Waals surface area contributed by atoms with Crippen LogP contribution >= 0.6 is 24.0 Å². The molecule has 6 nitrogen and oxygen atoms in total. The molecule has 3 aromatic rings. The molecule has 7 heteroatoms. The highest BCUT2D eigenvalue weighted by Crippen LogP contribution is 2.25. The van der Waals surface area contributed by atoms with Crippen molar-refractivity contribution in [1.29, 1.82) is 0 Å². The van der Waals surface area contributed by atoms with Gasteiger partial charge < -0.3 is 15.5 Å². The van der Waals surface area contributed by atoms with Crippen LogP contribution in [0, 0.1) is 0 Å². The predicted molar refractivity (Wildman–Crippen MR) is 109 cm³/mol. The van der Waals surface area contributed by atoms with Crippen LogP contribution in [0.3, 0.4) is 0 Å². The molecule has 4 N–H and O–H groups in total. The summed E-state index contributed by atoms with van der Waals surface area (Å²) in [5, 5.41) is 5.22. The van der Waals surface area contributed by atoms with Crippen LogP contribution < -0.4 is 15.9 Å². The molecular weight excluding hydrogens is 417 g/mol. The SMILES string of the molecule is COc1ccccc1N=C(N)N/N=C/c1c[nH]c2ccccc12.I. The fourth-order valence-corrected chi connectivity index (χ4v) is 2.25. The van der Waals surface area contributed by atoms with Gasteiger partial charge in [-0.05, 0) is 18.2 Å². The standard InChI is InChI=1S/C17H17N5O.HI/c1-23-16-9-5-4-8-15(16)21-17(18)22-20-11-12-10-19-14-7-3-2-6-13(12)14;/h2-11,19H,1H3,(H3,18,21,22);1H/b20-11+;. The number of guanidine groups is 1. The van der Waals surface area contributed by atoms with E-state index in [0.717, 1.165) is 16.5 Å². The van der Waals surface area contributed by atoms with Gasteiger partial charge in [0, 0.05) is 22.7 Å². The lowest BCUT2D eigenvalue weighted by molar-refractivity contribution is 0.416. The van der Waals surface area contributed by atoms with Gasteiger partial charge >= 0.3 is 0 Å². The van der Waals surface area contributed by atoms with Crippen molar-refractivity contribution in [1.82, 2.24) is 10.4 Å². The second-order valence-electron chi connectivity index (χ2n) is 4.83. The number of hydrazone groups is 1. The van der Waals surface area contributed by atoms with Crippen LogP contribution in [0.25, 0.3) is 10.9 Å². The van der Waals surface area contributed by atoms with Crippen molar-refractivity contribution in [2.45, 2.75) is 0 Å². The molecule has 0 fully saturated rings. The number of benzene rings is 2. The molecule has 1 heterocycles. The lowest BCUT2D eigenvalue weighted by Crippen LogP contribution is -2.26. The Labute approximate surface area is 156 Å². The van der Waals surface area contributed by atoms with E-state index in [0.29, 0.717) is 11.4 Å². The Morgan fingerprint density at radius 1 is 1.17 bits per heavy atom. The molecule has 0 unspecified atom stereocenters. The Hall–Kier alpha value is -2.55. The van der Waals surface area contributed by atoms with E-state index in [4.69, 9.17) is 10.5 Å². The number of H-pyrrole nitrogens is 1. The van der Waals surface area contributed by atoms with E-state index in [1.165, 1.54) is 0 Å². The number of hydrogen-bond donors (Lipinski definition) is 3. The van der Waals surface area contributed by atoms with Crippen molar-refractivity contribution in [3.63, 3.8) is 0 Å². The summed E-state index contributed by atoms with van der Waals surface area (Å²) in [6.45, 7) is 0. The molecule has 0 saturated carbocycles. The van der Waals surface area contributed by atoms with E-state index >= 15 is 0 Å². The molecule has 0 radical (unpaired) electrons. The van der Waals surface area contributed by atoms with Crippen LogP contribution in [0.15, 0.2) is 64.8 Å². The predicted octanol–water partition coefficient (Wildman–Crippen LogP) is 3.36. The molecule has 2 aromatic carbocycles. The Morgan fingerprint density at radius 2 is 1.92 bits per heavy atom. The van der Waals surface area contributed by atoms with Crippen molar-refractivity contribution in [3.05, 3.63) is 60.3 Å². The summed E-state index contributed by atoms with van der Waals surface area (Å²) >= 11 is 0. The zero-order valence-electron chi connectivity index (χ0n) is 13.1. The van der Waals surface area contributed by atoms with Gasteiger partial charge in [0.25, 0.3) is 0 Å². The molecule has 3 rings (SSSR count). The summed E-state index contributed by atoms with van der Waals surface area (Å²) in [5.41, 5.74) is 11.2. The number of hydrogen-bond acceptors (Lipinski definition) is 3. The molecule has 0 aliphatic rings. The number of nitrogens with one attached hydrogen (secondary N) is 2. The van der Waals surface area contributed by atoms with Crippen molar-refractivity contribution in [2.24, 2.45) is 15.8 Å². The highest BCUT2D eigenvalue weighted by Gasteiger charge is 2.01. The molecule has 0 bridgehead atoms. The van der Waals surface area contributed by atoms with Gasteiger partial charge in [0.15, 0.2) is 0 Å². The second kappa shape index (κ2) is 8.34. The van der Waals surface area contributed by atoms with Crippen molar-refractivity contribution >= 4 is 52.7 Å². The van der Waals surface area contributed by atoms with Crippen molar-refractivity contribution < 1.29 is 4.74 Å². The molecule has 24 heavy (non-hydrogen) atoms. The summed E-state index contributed by atoms with van der Waals surface area (Å²) in [6.07, 6.45) is 3.59. The van der Waals surface area contributed by atoms with Gasteiger partial charge in [-0.2, -0.15) is 5.10 Å². The Morgan fingerprint density at radius 3 is 2.75 bits per heavy atom. The summed E-state index contributed by atoms with van der Waals surface area (Å²) in [6, 6.07) is 15.4. The molecule has 0 aliphatic carbocycles. The number of nitrogens with zero attached hydrogens (tertiary/aromatic N) is 2. The summed E-state index contributed by atoms with van der Waals surface area (Å²) in [5.74, 6) is 0.837. The zero-order chi connectivity index (χ0) is 16.1. The lowest BCUT2D eigenvalue weighted by Gasteiger charge is -2.04. The maximum absolute atomic E-state index is 5.84. The zero-order valence-corrected chi connectivity index (χ0v) is 15.4. The molecule has 124 valence electrons. The topological polar surface area (TPSA) is 87.8 Å². The van der Waals surface area contributed by atoms with Gasteiger partial charge in [0.2, 0.25) is 5.96 Å². The average Bonchev–Trinajstić information content (AvgIpc) is 2.99. The van der Waals surface area contributed by atoms with Crippen LogP contribution in [0.1, 0.15) is 5.56 Å². The molecule has 0 saturated heterocycles. The number of aromatic amines is 1. The number of rotatable bonds is 4. The number of aromatic nitrogens is 1. The molecule has 0 spiro atoms. The van der Waals surface area contributed by atoms with Crippen molar-refractivity contribution in [2.75, 3.05) is 7.11 Å². The number of para-hydroxylation sites is 3. The molecule has 0 amide bonds. The number of nitrogens with two attached hydrogens (primary N) is 1. The minimum atomic E-state index is 0. The molecular formula is C17H18IN5O. The van der Waals surface area contributed by atoms with Crippen LogP contribution in [-0.4, -0.2) is 24.3 Å². The molecule has 0 atom stereocenters. The first kappa shape index (κ1) is 17.8. The number of fused-ring (bicyclic) bond motifs is 1. The first-order valence-corrected chi connectivity index (χ1v) is 7.10.